The van der Waals surface area contributed by atoms with Crippen molar-refractivity contribution in [3.05, 3.63) is 23.8 Å². The van der Waals surface area contributed by atoms with Crippen molar-refractivity contribution in [3.8, 4) is 11.5 Å². The first-order valence-corrected chi connectivity index (χ1v) is 6.05. The highest BCUT2D eigenvalue weighted by Crippen LogP contribution is 2.22. The van der Waals surface area contributed by atoms with Gasteiger partial charge in [0.25, 0.3) is 0 Å². The molecule has 0 aliphatic heterocycles. The van der Waals surface area contributed by atoms with Crippen LogP contribution in [-0.4, -0.2) is 41.3 Å². The zero-order chi connectivity index (χ0) is 14.3. The number of rotatable bonds is 5. The Labute approximate surface area is 117 Å². The van der Waals surface area contributed by atoms with Crippen LogP contribution in [0.1, 0.15) is 12.5 Å². The standard InChI is InChI=1S/C12H17N3O3S/c1-8(10-4-3-9(16)7-11(10)17)14-15-12(19)13-5-6-18-2/h3-4,7,16-17H,5-6H2,1-2H3,(H2,13,15,19)/b14-8+. The van der Waals surface area contributed by atoms with Gasteiger partial charge in [0.15, 0.2) is 5.11 Å². The number of hydrazone groups is 1. The predicted molar refractivity (Wildman–Crippen MR) is 77.6 cm³/mol. The summed E-state index contributed by atoms with van der Waals surface area (Å²) in [6, 6.07) is 4.30. The van der Waals surface area contributed by atoms with Gasteiger partial charge >= 0.3 is 0 Å². The van der Waals surface area contributed by atoms with Gasteiger partial charge < -0.3 is 20.3 Å². The highest BCUT2D eigenvalue weighted by Gasteiger charge is 2.05. The van der Waals surface area contributed by atoms with Gasteiger partial charge in [-0.1, -0.05) is 0 Å². The van der Waals surface area contributed by atoms with Crippen LogP contribution in [0.25, 0.3) is 0 Å². The third kappa shape index (κ3) is 5.11. The summed E-state index contributed by atoms with van der Waals surface area (Å²) >= 11 is 5.00. The fourth-order valence-electron chi connectivity index (χ4n) is 1.33. The Morgan fingerprint density at radius 3 is 2.79 bits per heavy atom. The molecule has 0 fully saturated rings. The maximum Gasteiger partial charge on any atom is 0.187 e. The van der Waals surface area contributed by atoms with Gasteiger partial charge in [0.1, 0.15) is 11.5 Å². The molecule has 0 unspecified atom stereocenters. The van der Waals surface area contributed by atoms with Crippen LogP contribution in [0.2, 0.25) is 0 Å². The van der Waals surface area contributed by atoms with E-state index in [1.165, 1.54) is 12.1 Å². The molecule has 0 atom stereocenters. The fourth-order valence-corrected chi connectivity index (χ4v) is 1.47. The Balaban J connectivity index is 2.59. The number of phenolic OH excluding ortho intramolecular Hbond substituents is 2. The molecular formula is C12H17N3O3S. The van der Waals surface area contributed by atoms with Crippen LogP contribution >= 0.6 is 12.2 Å². The summed E-state index contributed by atoms with van der Waals surface area (Å²) < 4.78 is 4.87. The number of nitrogens with zero attached hydrogens (tertiary/aromatic N) is 1. The minimum atomic E-state index is -0.0405. The van der Waals surface area contributed by atoms with E-state index < -0.39 is 0 Å². The van der Waals surface area contributed by atoms with E-state index in [4.69, 9.17) is 17.0 Å². The summed E-state index contributed by atoms with van der Waals surface area (Å²) in [5.41, 5.74) is 3.73. The van der Waals surface area contributed by atoms with Crippen LogP contribution in [-0.2, 0) is 4.74 Å². The van der Waals surface area contributed by atoms with Crippen molar-refractivity contribution < 1.29 is 14.9 Å². The van der Waals surface area contributed by atoms with Crippen LogP contribution < -0.4 is 10.7 Å². The summed E-state index contributed by atoms with van der Waals surface area (Å²) in [4.78, 5) is 0. The van der Waals surface area contributed by atoms with Crippen LogP contribution in [0.5, 0.6) is 11.5 Å². The molecule has 19 heavy (non-hydrogen) atoms. The zero-order valence-electron chi connectivity index (χ0n) is 10.8. The molecule has 0 saturated carbocycles. The number of aromatic hydroxyl groups is 2. The molecule has 6 nitrogen and oxygen atoms in total. The summed E-state index contributed by atoms with van der Waals surface area (Å²) in [5.74, 6) is -0.0416. The second-order valence-electron chi connectivity index (χ2n) is 3.76. The number of benzene rings is 1. The SMILES string of the molecule is COCCNC(=S)N/N=C(\C)c1ccc(O)cc1O. The molecule has 0 aromatic heterocycles. The van der Waals surface area contributed by atoms with Gasteiger partial charge in [0, 0.05) is 25.3 Å². The summed E-state index contributed by atoms with van der Waals surface area (Å²) in [6.45, 7) is 2.85. The van der Waals surface area contributed by atoms with E-state index >= 15 is 0 Å². The monoisotopic (exact) mass is 283 g/mol. The van der Waals surface area contributed by atoms with Gasteiger partial charge in [0.05, 0.1) is 12.3 Å². The first-order valence-electron chi connectivity index (χ1n) is 5.64. The van der Waals surface area contributed by atoms with E-state index in [2.05, 4.69) is 15.8 Å². The fraction of sp³-hybridized carbons (Fsp3) is 0.333. The average molecular weight is 283 g/mol. The van der Waals surface area contributed by atoms with Gasteiger partial charge in [-0.2, -0.15) is 5.10 Å². The maximum atomic E-state index is 9.67. The number of ether oxygens (including phenoxy) is 1. The van der Waals surface area contributed by atoms with Crippen molar-refractivity contribution in [2.45, 2.75) is 6.92 Å². The molecule has 0 saturated heterocycles. The Morgan fingerprint density at radius 2 is 2.16 bits per heavy atom. The lowest BCUT2D eigenvalue weighted by atomic mass is 10.1. The molecule has 7 heteroatoms. The van der Waals surface area contributed by atoms with Crippen molar-refractivity contribution in [1.29, 1.82) is 0 Å². The summed E-state index contributed by atoms with van der Waals surface area (Å²) in [5, 5.41) is 26.2. The quantitative estimate of drug-likeness (QED) is 0.278. The van der Waals surface area contributed by atoms with Gasteiger partial charge in [-0.25, -0.2) is 0 Å². The van der Waals surface area contributed by atoms with Crippen LogP contribution in [0, 0.1) is 0 Å². The Hall–Kier alpha value is -1.86. The number of hydrogen-bond acceptors (Lipinski definition) is 5. The molecule has 0 heterocycles. The average Bonchev–Trinajstić information content (AvgIpc) is 2.36. The number of phenols is 2. The van der Waals surface area contributed by atoms with Crippen LogP contribution in [0.3, 0.4) is 0 Å². The minimum absolute atomic E-state index is 0.00115. The van der Waals surface area contributed by atoms with E-state index in [0.29, 0.717) is 29.5 Å². The number of thiocarbonyl (C=S) groups is 1. The van der Waals surface area contributed by atoms with Gasteiger partial charge in [-0.3, -0.25) is 5.43 Å². The Kier molecular flexibility index (Phi) is 6.04. The molecule has 1 rings (SSSR count). The zero-order valence-corrected chi connectivity index (χ0v) is 11.6. The lowest BCUT2D eigenvalue weighted by Gasteiger charge is -2.08. The minimum Gasteiger partial charge on any atom is -0.508 e. The van der Waals surface area contributed by atoms with Crippen molar-refractivity contribution >= 4 is 23.0 Å². The first-order chi connectivity index (χ1) is 9.04. The molecular weight excluding hydrogens is 266 g/mol. The third-order valence-electron chi connectivity index (χ3n) is 2.29. The van der Waals surface area contributed by atoms with Gasteiger partial charge in [-0.05, 0) is 31.3 Å². The molecule has 104 valence electrons. The molecule has 0 aliphatic rings. The van der Waals surface area contributed by atoms with E-state index in [1.54, 1.807) is 20.1 Å². The molecule has 0 radical (unpaired) electrons. The lowest BCUT2D eigenvalue weighted by molar-refractivity contribution is 0.204. The van der Waals surface area contributed by atoms with Crippen molar-refractivity contribution in [2.24, 2.45) is 5.10 Å². The molecule has 0 amide bonds. The predicted octanol–water partition coefficient (Wildman–Crippen LogP) is 0.932. The maximum absolute atomic E-state index is 9.67. The summed E-state index contributed by atoms with van der Waals surface area (Å²) in [6.07, 6.45) is 0. The van der Waals surface area contributed by atoms with Crippen LogP contribution in [0.15, 0.2) is 23.3 Å². The van der Waals surface area contributed by atoms with E-state index in [9.17, 15) is 10.2 Å². The highest BCUT2D eigenvalue weighted by molar-refractivity contribution is 7.80. The molecule has 0 aliphatic carbocycles. The molecule has 0 bridgehead atoms. The van der Waals surface area contributed by atoms with Gasteiger partial charge in [-0.15, -0.1) is 0 Å². The van der Waals surface area contributed by atoms with Crippen molar-refractivity contribution in [1.82, 2.24) is 10.7 Å². The number of methoxy groups -OCH3 is 1. The van der Waals surface area contributed by atoms with Crippen molar-refractivity contribution in [3.63, 3.8) is 0 Å². The topological polar surface area (TPSA) is 86.1 Å². The van der Waals surface area contributed by atoms with Crippen LogP contribution in [0.4, 0.5) is 0 Å². The normalized spacial score (nSPS) is 11.2. The van der Waals surface area contributed by atoms with E-state index in [0.717, 1.165) is 0 Å². The Morgan fingerprint density at radius 1 is 1.42 bits per heavy atom. The summed E-state index contributed by atoms with van der Waals surface area (Å²) in [7, 11) is 1.61. The van der Waals surface area contributed by atoms with Crippen molar-refractivity contribution in [2.75, 3.05) is 20.3 Å². The molecule has 0 spiro atoms. The van der Waals surface area contributed by atoms with E-state index in [1.807, 2.05) is 0 Å². The third-order valence-corrected chi connectivity index (χ3v) is 2.52. The number of nitrogens with one attached hydrogen (secondary N) is 2. The highest BCUT2D eigenvalue weighted by atomic mass is 32.1. The Bertz CT molecular complexity index is 477. The lowest BCUT2D eigenvalue weighted by Crippen LogP contribution is -2.34. The second-order valence-corrected chi connectivity index (χ2v) is 4.17. The molecule has 1 aromatic rings. The largest absolute Gasteiger partial charge is 0.508 e. The smallest absolute Gasteiger partial charge is 0.187 e. The van der Waals surface area contributed by atoms with E-state index in [-0.39, 0.29) is 11.5 Å². The molecule has 1 aromatic carbocycles. The van der Waals surface area contributed by atoms with Gasteiger partial charge in [0.2, 0.25) is 0 Å². The molecule has 4 N–H and O–H groups in total. The first kappa shape index (κ1) is 15.2. The second kappa shape index (κ2) is 7.55. The number of hydrogen-bond donors (Lipinski definition) is 4.